The molecule has 0 saturated carbocycles. The Morgan fingerprint density at radius 1 is 1.17 bits per heavy atom. The second-order valence-corrected chi connectivity index (χ2v) is 5.81. The number of ether oxygens (including phenoxy) is 3. The second kappa shape index (κ2) is 7.34. The molecule has 0 spiro atoms. The Bertz CT molecular complexity index is 743. The SMILES string of the molecule is COC(=O)c1sc(N)c(C(=O)OC)c1COc1ccccc1Cl. The van der Waals surface area contributed by atoms with Crippen molar-refractivity contribution in [3.05, 3.63) is 45.3 Å². The fraction of sp³-hybridized carbons (Fsp3) is 0.200. The van der Waals surface area contributed by atoms with Crippen molar-refractivity contribution in [1.82, 2.24) is 0 Å². The van der Waals surface area contributed by atoms with Gasteiger partial charge >= 0.3 is 11.9 Å². The zero-order chi connectivity index (χ0) is 17.0. The maximum Gasteiger partial charge on any atom is 0.348 e. The van der Waals surface area contributed by atoms with Crippen LogP contribution < -0.4 is 10.5 Å². The van der Waals surface area contributed by atoms with Gasteiger partial charge in [0, 0.05) is 5.56 Å². The van der Waals surface area contributed by atoms with Crippen LogP contribution in [0.1, 0.15) is 25.6 Å². The number of methoxy groups -OCH3 is 2. The summed E-state index contributed by atoms with van der Waals surface area (Å²) >= 11 is 6.97. The van der Waals surface area contributed by atoms with Crippen LogP contribution in [0, 0.1) is 0 Å². The molecule has 0 fully saturated rings. The Balaban J connectivity index is 2.40. The Kier molecular flexibility index (Phi) is 5.46. The highest BCUT2D eigenvalue weighted by Crippen LogP contribution is 2.34. The van der Waals surface area contributed by atoms with E-state index in [1.165, 1.54) is 14.2 Å². The molecule has 0 amide bonds. The normalized spacial score (nSPS) is 10.2. The molecular formula is C15H14ClNO5S. The number of nitrogen functional groups attached to an aromatic ring is 1. The van der Waals surface area contributed by atoms with Gasteiger partial charge in [0.25, 0.3) is 0 Å². The fourth-order valence-electron chi connectivity index (χ4n) is 1.92. The van der Waals surface area contributed by atoms with E-state index < -0.39 is 11.9 Å². The molecule has 1 heterocycles. The number of hydrogen-bond donors (Lipinski definition) is 1. The summed E-state index contributed by atoms with van der Waals surface area (Å²) in [6, 6.07) is 6.86. The molecule has 0 bridgehead atoms. The molecule has 6 nitrogen and oxygen atoms in total. The molecule has 0 radical (unpaired) electrons. The van der Waals surface area contributed by atoms with Crippen molar-refractivity contribution >= 4 is 39.9 Å². The van der Waals surface area contributed by atoms with Crippen LogP contribution in [0.15, 0.2) is 24.3 Å². The number of anilines is 1. The molecule has 0 saturated heterocycles. The lowest BCUT2D eigenvalue weighted by molar-refractivity contribution is 0.0599. The van der Waals surface area contributed by atoms with Crippen molar-refractivity contribution in [3.63, 3.8) is 0 Å². The third kappa shape index (κ3) is 3.57. The first-order valence-electron chi connectivity index (χ1n) is 6.44. The van der Waals surface area contributed by atoms with Gasteiger partial charge in [0.05, 0.1) is 19.2 Å². The zero-order valence-corrected chi connectivity index (χ0v) is 14.0. The highest BCUT2D eigenvalue weighted by molar-refractivity contribution is 7.18. The molecule has 1 aromatic carbocycles. The quantitative estimate of drug-likeness (QED) is 0.829. The molecule has 2 rings (SSSR count). The average Bonchev–Trinajstić information content (AvgIpc) is 2.89. The van der Waals surface area contributed by atoms with Crippen LogP contribution >= 0.6 is 22.9 Å². The Hall–Kier alpha value is -2.25. The molecule has 0 atom stereocenters. The van der Waals surface area contributed by atoms with Gasteiger partial charge in [0.15, 0.2) is 0 Å². The van der Waals surface area contributed by atoms with Gasteiger partial charge in [-0.25, -0.2) is 9.59 Å². The lowest BCUT2D eigenvalue weighted by Crippen LogP contribution is -2.11. The van der Waals surface area contributed by atoms with E-state index in [1.807, 2.05) is 0 Å². The molecule has 1 aromatic heterocycles. The van der Waals surface area contributed by atoms with Gasteiger partial charge in [-0.15, -0.1) is 11.3 Å². The Morgan fingerprint density at radius 3 is 2.43 bits per heavy atom. The maximum absolute atomic E-state index is 11.9. The zero-order valence-electron chi connectivity index (χ0n) is 12.4. The van der Waals surface area contributed by atoms with Crippen LogP contribution in [-0.4, -0.2) is 26.2 Å². The van der Waals surface area contributed by atoms with Crippen molar-refractivity contribution in [3.8, 4) is 5.75 Å². The standard InChI is InChI=1S/C15H14ClNO5S/c1-20-14(18)11-8(12(15(19)21-2)23-13(11)17)7-22-10-6-4-3-5-9(10)16/h3-6H,7,17H2,1-2H3. The minimum Gasteiger partial charge on any atom is -0.487 e. The summed E-state index contributed by atoms with van der Waals surface area (Å²) in [5.74, 6) is -0.827. The first-order valence-corrected chi connectivity index (χ1v) is 7.64. The van der Waals surface area contributed by atoms with Crippen LogP contribution in [-0.2, 0) is 16.1 Å². The summed E-state index contributed by atoms with van der Waals surface area (Å²) in [6.45, 7) is -0.0771. The lowest BCUT2D eigenvalue weighted by atomic mass is 10.1. The van der Waals surface area contributed by atoms with Gasteiger partial charge in [0.2, 0.25) is 0 Å². The molecular weight excluding hydrogens is 342 g/mol. The van der Waals surface area contributed by atoms with Crippen LogP contribution in [0.2, 0.25) is 5.02 Å². The van der Waals surface area contributed by atoms with Crippen molar-refractivity contribution in [2.24, 2.45) is 0 Å². The minimum atomic E-state index is -0.647. The van der Waals surface area contributed by atoms with E-state index in [0.29, 0.717) is 16.3 Å². The molecule has 8 heteroatoms. The Morgan fingerprint density at radius 2 is 1.83 bits per heavy atom. The molecule has 122 valence electrons. The summed E-state index contributed by atoms with van der Waals surface area (Å²) in [5.41, 5.74) is 6.25. The van der Waals surface area contributed by atoms with Gasteiger partial charge in [-0.05, 0) is 12.1 Å². The molecule has 0 aliphatic heterocycles. The van der Waals surface area contributed by atoms with Crippen LogP contribution in [0.5, 0.6) is 5.75 Å². The summed E-state index contributed by atoms with van der Waals surface area (Å²) in [4.78, 5) is 24.0. The van der Waals surface area contributed by atoms with Gasteiger partial charge in [-0.2, -0.15) is 0 Å². The minimum absolute atomic E-state index is 0.0771. The maximum atomic E-state index is 11.9. The lowest BCUT2D eigenvalue weighted by Gasteiger charge is -2.10. The average molecular weight is 356 g/mol. The van der Waals surface area contributed by atoms with Crippen LogP contribution in [0.4, 0.5) is 5.00 Å². The first kappa shape index (κ1) is 17.1. The summed E-state index contributed by atoms with van der Waals surface area (Å²) < 4.78 is 15.0. The number of carbonyl (C=O) groups is 2. The number of halogens is 1. The van der Waals surface area contributed by atoms with Gasteiger partial charge in [-0.3, -0.25) is 0 Å². The summed E-state index contributed by atoms with van der Waals surface area (Å²) in [5, 5.41) is 0.574. The third-order valence-corrected chi connectivity index (χ3v) is 4.36. The fourth-order valence-corrected chi connectivity index (χ4v) is 3.09. The number of benzene rings is 1. The molecule has 23 heavy (non-hydrogen) atoms. The van der Waals surface area contributed by atoms with Gasteiger partial charge < -0.3 is 19.9 Å². The van der Waals surface area contributed by atoms with E-state index >= 15 is 0 Å². The van der Waals surface area contributed by atoms with E-state index in [9.17, 15) is 9.59 Å². The van der Waals surface area contributed by atoms with E-state index in [4.69, 9.17) is 31.5 Å². The molecule has 0 unspecified atom stereocenters. The largest absolute Gasteiger partial charge is 0.487 e. The number of nitrogens with two attached hydrogens (primary N) is 1. The molecule has 2 N–H and O–H groups in total. The van der Waals surface area contributed by atoms with Crippen molar-refractivity contribution in [2.75, 3.05) is 20.0 Å². The highest BCUT2D eigenvalue weighted by atomic mass is 35.5. The Labute approximate surface area is 141 Å². The topological polar surface area (TPSA) is 87.9 Å². The molecule has 2 aromatic rings. The number of carbonyl (C=O) groups excluding carboxylic acids is 2. The predicted molar refractivity (Wildman–Crippen MR) is 87.2 cm³/mol. The number of hydrogen-bond acceptors (Lipinski definition) is 7. The van der Waals surface area contributed by atoms with Crippen LogP contribution in [0.25, 0.3) is 0 Å². The molecule has 0 aliphatic rings. The van der Waals surface area contributed by atoms with Crippen molar-refractivity contribution in [1.29, 1.82) is 0 Å². The number of thiophene rings is 1. The summed E-state index contributed by atoms with van der Waals surface area (Å²) in [7, 11) is 2.48. The van der Waals surface area contributed by atoms with E-state index in [0.717, 1.165) is 11.3 Å². The number of esters is 2. The monoisotopic (exact) mass is 355 g/mol. The predicted octanol–water partition coefficient (Wildman–Crippen LogP) is 3.14. The van der Waals surface area contributed by atoms with Crippen molar-refractivity contribution in [2.45, 2.75) is 6.61 Å². The number of rotatable bonds is 5. The van der Waals surface area contributed by atoms with Crippen molar-refractivity contribution < 1.29 is 23.8 Å². The van der Waals surface area contributed by atoms with Gasteiger partial charge in [0.1, 0.15) is 27.8 Å². The van der Waals surface area contributed by atoms with Crippen LogP contribution in [0.3, 0.4) is 0 Å². The van der Waals surface area contributed by atoms with E-state index in [1.54, 1.807) is 24.3 Å². The number of para-hydroxylation sites is 1. The molecule has 0 aliphatic carbocycles. The smallest absolute Gasteiger partial charge is 0.348 e. The first-order chi connectivity index (χ1) is 11.0. The third-order valence-electron chi connectivity index (χ3n) is 3.00. The van der Waals surface area contributed by atoms with Gasteiger partial charge in [-0.1, -0.05) is 23.7 Å². The van der Waals surface area contributed by atoms with E-state index in [2.05, 4.69) is 0 Å². The summed E-state index contributed by atoms with van der Waals surface area (Å²) in [6.07, 6.45) is 0. The highest BCUT2D eigenvalue weighted by Gasteiger charge is 2.27. The van der Waals surface area contributed by atoms with E-state index in [-0.39, 0.29) is 22.0 Å². The second-order valence-electron chi connectivity index (χ2n) is 4.35.